The van der Waals surface area contributed by atoms with Crippen LogP contribution < -0.4 is 11.5 Å². The maximum atomic E-state index is 5.84. The van der Waals surface area contributed by atoms with Crippen LogP contribution in [0.5, 0.6) is 0 Å². The van der Waals surface area contributed by atoms with Gasteiger partial charge in [0.05, 0.1) is 0 Å². The maximum absolute atomic E-state index is 5.84. The minimum Gasteiger partial charge on any atom is -0.421 e. The Morgan fingerprint density at radius 1 is 1.20 bits per heavy atom. The Labute approximate surface area is 89.5 Å². The maximum Gasteiger partial charge on any atom is 0.254 e. The van der Waals surface area contributed by atoms with E-state index in [2.05, 4.69) is 20.2 Å². The van der Waals surface area contributed by atoms with Crippen LogP contribution in [0, 0.1) is 6.92 Å². The molecular formula is C7H7ClN6O. The van der Waals surface area contributed by atoms with Crippen molar-refractivity contribution in [1.82, 2.24) is 20.2 Å². The molecule has 2 heterocycles. The number of hydrogen-bond acceptors (Lipinski definition) is 7. The van der Waals surface area contributed by atoms with E-state index in [1.807, 2.05) is 0 Å². The van der Waals surface area contributed by atoms with Gasteiger partial charge in [-0.3, -0.25) is 0 Å². The lowest BCUT2D eigenvalue weighted by Crippen LogP contribution is -2.02. The normalized spacial score (nSPS) is 10.5. The monoisotopic (exact) mass is 226 g/mol. The van der Waals surface area contributed by atoms with E-state index in [4.69, 9.17) is 27.5 Å². The second kappa shape index (κ2) is 3.35. The molecule has 0 aromatic carbocycles. The van der Waals surface area contributed by atoms with Crippen LogP contribution in [0.4, 0.5) is 11.8 Å². The average molecular weight is 227 g/mol. The zero-order valence-corrected chi connectivity index (χ0v) is 8.49. The molecule has 78 valence electrons. The number of aromatic nitrogens is 4. The molecule has 0 saturated heterocycles. The van der Waals surface area contributed by atoms with E-state index in [1.165, 1.54) is 0 Å². The summed E-state index contributed by atoms with van der Waals surface area (Å²) in [6.07, 6.45) is 0. The lowest BCUT2D eigenvalue weighted by Gasteiger charge is -2.02. The number of nitrogen functional groups attached to an aromatic ring is 2. The summed E-state index contributed by atoms with van der Waals surface area (Å²) in [6, 6.07) is 0. The number of hydrogen-bond donors (Lipinski definition) is 2. The van der Waals surface area contributed by atoms with Crippen molar-refractivity contribution in [2.45, 2.75) is 6.92 Å². The third-order valence-corrected chi connectivity index (χ3v) is 1.92. The molecule has 15 heavy (non-hydrogen) atoms. The molecule has 0 saturated carbocycles. The van der Waals surface area contributed by atoms with Crippen molar-refractivity contribution < 1.29 is 4.42 Å². The quantitative estimate of drug-likeness (QED) is 0.686. The highest BCUT2D eigenvalue weighted by molar-refractivity contribution is 6.32. The summed E-state index contributed by atoms with van der Waals surface area (Å²) in [6.45, 7) is 1.65. The van der Waals surface area contributed by atoms with Crippen molar-refractivity contribution in [3.8, 4) is 11.5 Å². The minimum absolute atomic E-state index is 0.00233. The van der Waals surface area contributed by atoms with Crippen LogP contribution in [0.15, 0.2) is 4.42 Å². The molecule has 8 heteroatoms. The fraction of sp³-hybridized carbons (Fsp3) is 0.143. The Hall–Kier alpha value is -1.89. The first kappa shape index (κ1) is 9.66. The van der Waals surface area contributed by atoms with Gasteiger partial charge in [-0.1, -0.05) is 11.6 Å². The third-order valence-electron chi connectivity index (χ3n) is 1.65. The molecule has 0 aliphatic heterocycles. The fourth-order valence-electron chi connectivity index (χ4n) is 1.06. The molecule has 0 aliphatic carbocycles. The van der Waals surface area contributed by atoms with Gasteiger partial charge >= 0.3 is 0 Å². The van der Waals surface area contributed by atoms with Gasteiger partial charge in [-0.2, -0.15) is 4.98 Å². The van der Waals surface area contributed by atoms with E-state index in [0.29, 0.717) is 11.5 Å². The van der Waals surface area contributed by atoms with Crippen molar-refractivity contribution in [2.75, 3.05) is 11.5 Å². The summed E-state index contributed by atoms with van der Waals surface area (Å²) >= 11 is 5.84. The van der Waals surface area contributed by atoms with Crippen molar-refractivity contribution >= 4 is 23.4 Å². The zero-order valence-electron chi connectivity index (χ0n) is 7.73. The molecule has 4 N–H and O–H groups in total. The van der Waals surface area contributed by atoms with Crippen molar-refractivity contribution in [2.24, 2.45) is 0 Å². The first-order chi connectivity index (χ1) is 7.08. The van der Waals surface area contributed by atoms with Crippen molar-refractivity contribution in [3.05, 3.63) is 11.0 Å². The summed E-state index contributed by atoms with van der Waals surface area (Å²) in [4.78, 5) is 7.50. The topological polar surface area (TPSA) is 117 Å². The van der Waals surface area contributed by atoms with Crippen molar-refractivity contribution in [3.63, 3.8) is 0 Å². The van der Waals surface area contributed by atoms with Crippen LogP contribution in [0.2, 0.25) is 5.15 Å². The zero-order chi connectivity index (χ0) is 11.0. The van der Waals surface area contributed by atoms with E-state index in [0.717, 1.165) is 0 Å². The summed E-state index contributed by atoms with van der Waals surface area (Å²) in [5, 5.41) is 7.50. The van der Waals surface area contributed by atoms with Gasteiger partial charge in [0.15, 0.2) is 0 Å². The summed E-state index contributed by atoms with van der Waals surface area (Å²) < 4.78 is 5.16. The highest BCUT2D eigenvalue weighted by Gasteiger charge is 2.17. The predicted molar refractivity (Wildman–Crippen MR) is 53.9 cm³/mol. The first-order valence-electron chi connectivity index (χ1n) is 3.97. The fourth-order valence-corrected chi connectivity index (χ4v) is 1.33. The number of anilines is 2. The Bertz CT molecular complexity index is 487. The molecule has 0 radical (unpaired) electrons. The van der Waals surface area contributed by atoms with Crippen LogP contribution in [0.3, 0.4) is 0 Å². The number of nitrogens with two attached hydrogens (primary N) is 2. The predicted octanol–water partition coefficient (Wildman–Crippen LogP) is 0.653. The van der Waals surface area contributed by atoms with Gasteiger partial charge in [-0.05, 0) is 0 Å². The first-order valence-corrected chi connectivity index (χ1v) is 4.34. The average Bonchev–Trinajstić information content (AvgIpc) is 2.49. The highest BCUT2D eigenvalue weighted by atomic mass is 35.5. The lowest BCUT2D eigenvalue weighted by molar-refractivity contribution is 0.532. The standard InChI is InChI=1S/C7H7ClN6O/c1-2-13-14-6(15-2)3-4(8)11-7(10)12-5(3)9/h1H3,(H4,9,10,11,12). The molecule has 2 rings (SSSR count). The Morgan fingerprint density at radius 2 is 1.93 bits per heavy atom. The van der Waals surface area contributed by atoms with Gasteiger partial charge in [-0.15, -0.1) is 10.2 Å². The van der Waals surface area contributed by atoms with Crippen LogP contribution in [0.1, 0.15) is 5.89 Å². The van der Waals surface area contributed by atoms with Gasteiger partial charge in [0.25, 0.3) is 5.89 Å². The molecule has 2 aromatic heterocycles. The molecule has 0 bridgehead atoms. The third kappa shape index (κ3) is 1.68. The number of halogens is 1. The molecule has 0 aliphatic rings. The molecular weight excluding hydrogens is 220 g/mol. The highest BCUT2D eigenvalue weighted by Crippen LogP contribution is 2.29. The van der Waals surface area contributed by atoms with Gasteiger partial charge in [-0.25, -0.2) is 4.98 Å². The summed E-state index contributed by atoms with van der Waals surface area (Å²) in [5.41, 5.74) is 11.3. The Kier molecular flexibility index (Phi) is 2.16. The molecule has 7 nitrogen and oxygen atoms in total. The van der Waals surface area contributed by atoms with Crippen LogP contribution in [0.25, 0.3) is 11.5 Å². The lowest BCUT2D eigenvalue weighted by atomic mass is 10.3. The minimum atomic E-state index is -0.00233. The number of rotatable bonds is 1. The molecule has 0 atom stereocenters. The van der Waals surface area contributed by atoms with Gasteiger partial charge in [0.2, 0.25) is 11.8 Å². The van der Waals surface area contributed by atoms with Gasteiger partial charge in [0.1, 0.15) is 16.5 Å². The van der Waals surface area contributed by atoms with Crippen LogP contribution in [-0.4, -0.2) is 20.2 Å². The SMILES string of the molecule is Cc1nnc(-c2c(N)nc(N)nc2Cl)o1. The molecule has 0 spiro atoms. The van der Waals surface area contributed by atoms with Crippen LogP contribution >= 0.6 is 11.6 Å². The van der Waals surface area contributed by atoms with E-state index < -0.39 is 0 Å². The molecule has 0 amide bonds. The van der Waals surface area contributed by atoms with Crippen LogP contribution in [-0.2, 0) is 0 Å². The summed E-state index contributed by atoms with van der Waals surface area (Å²) in [7, 11) is 0. The Balaban J connectivity index is 2.62. The van der Waals surface area contributed by atoms with E-state index in [9.17, 15) is 0 Å². The second-order valence-electron chi connectivity index (χ2n) is 2.76. The van der Waals surface area contributed by atoms with E-state index >= 15 is 0 Å². The Morgan fingerprint density at radius 3 is 2.47 bits per heavy atom. The van der Waals surface area contributed by atoms with E-state index in [-0.39, 0.29) is 22.8 Å². The molecule has 2 aromatic rings. The van der Waals surface area contributed by atoms with E-state index in [1.54, 1.807) is 6.92 Å². The smallest absolute Gasteiger partial charge is 0.254 e. The molecule has 0 unspecified atom stereocenters. The second-order valence-corrected chi connectivity index (χ2v) is 3.12. The van der Waals surface area contributed by atoms with Gasteiger partial charge < -0.3 is 15.9 Å². The molecule has 0 fully saturated rings. The number of aryl methyl sites for hydroxylation is 1. The van der Waals surface area contributed by atoms with Crippen molar-refractivity contribution in [1.29, 1.82) is 0 Å². The van der Waals surface area contributed by atoms with Gasteiger partial charge in [0, 0.05) is 6.92 Å². The summed E-state index contributed by atoms with van der Waals surface area (Å²) in [5.74, 6) is 0.681. The largest absolute Gasteiger partial charge is 0.421 e. The number of nitrogens with zero attached hydrogens (tertiary/aromatic N) is 4.